The Morgan fingerprint density at radius 3 is 2.85 bits per heavy atom. The van der Waals surface area contributed by atoms with Crippen molar-refractivity contribution in [2.45, 2.75) is 39.2 Å². The van der Waals surface area contributed by atoms with Crippen molar-refractivity contribution in [2.75, 3.05) is 24.6 Å². The number of ether oxygens (including phenoxy) is 1. The SMILES string of the molecule is CCCO[C@H]1CN(c2nc(-c3cnccn3)c(C(=O)O)s2)CC[C@H]1CC(=O)c1cc(Cl)c(C)[nH]1. The van der Waals surface area contributed by atoms with Gasteiger partial charge in [0.1, 0.15) is 16.3 Å². The maximum absolute atomic E-state index is 12.9. The Hall–Kier alpha value is -2.82. The van der Waals surface area contributed by atoms with E-state index < -0.39 is 5.97 Å². The summed E-state index contributed by atoms with van der Waals surface area (Å²) in [6.45, 7) is 5.62. The molecule has 0 amide bonds. The number of carboxylic acid groups (broad SMARTS) is 1. The number of nitrogens with zero attached hydrogens (tertiary/aromatic N) is 4. The Bertz CT molecular complexity index is 1150. The van der Waals surface area contributed by atoms with Gasteiger partial charge in [0.25, 0.3) is 0 Å². The molecule has 34 heavy (non-hydrogen) atoms. The normalized spacial score (nSPS) is 18.3. The predicted molar refractivity (Wildman–Crippen MR) is 130 cm³/mol. The van der Waals surface area contributed by atoms with Gasteiger partial charge in [0, 0.05) is 44.2 Å². The molecule has 2 N–H and O–H groups in total. The van der Waals surface area contributed by atoms with E-state index in [1.165, 1.54) is 18.6 Å². The van der Waals surface area contributed by atoms with E-state index >= 15 is 0 Å². The van der Waals surface area contributed by atoms with Crippen LogP contribution in [0, 0.1) is 12.8 Å². The number of ketones is 1. The van der Waals surface area contributed by atoms with Gasteiger partial charge in [-0.3, -0.25) is 14.8 Å². The highest BCUT2D eigenvalue weighted by molar-refractivity contribution is 7.17. The number of carboxylic acids is 1. The summed E-state index contributed by atoms with van der Waals surface area (Å²) in [5.41, 5.74) is 2.01. The number of halogens is 1. The fourth-order valence-electron chi connectivity index (χ4n) is 4.05. The number of hydrogen-bond acceptors (Lipinski definition) is 8. The van der Waals surface area contributed by atoms with Crippen molar-refractivity contribution in [1.82, 2.24) is 19.9 Å². The molecular weight excluding hydrogens is 478 g/mol. The molecule has 2 atom stereocenters. The third kappa shape index (κ3) is 5.29. The summed E-state index contributed by atoms with van der Waals surface area (Å²) in [5, 5.41) is 10.9. The molecule has 180 valence electrons. The summed E-state index contributed by atoms with van der Waals surface area (Å²) >= 11 is 7.23. The molecule has 3 aromatic heterocycles. The van der Waals surface area contributed by atoms with E-state index in [1.54, 1.807) is 6.07 Å². The highest BCUT2D eigenvalue weighted by atomic mass is 35.5. The molecule has 0 bridgehead atoms. The first-order valence-corrected chi connectivity index (χ1v) is 12.3. The van der Waals surface area contributed by atoms with Gasteiger partial charge < -0.3 is 19.7 Å². The van der Waals surface area contributed by atoms with Crippen LogP contribution in [0.3, 0.4) is 0 Å². The number of aromatic nitrogens is 4. The Morgan fingerprint density at radius 1 is 1.38 bits per heavy atom. The summed E-state index contributed by atoms with van der Waals surface area (Å²) < 4.78 is 6.14. The third-order valence-electron chi connectivity index (χ3n) is 5.82. The number of rotatable bonds is 9. The maximum atomic E-state index is 12.9. The van der Waals surface area contributed by atoms with Gasteiger partial charge >= 0.3 is 5.97 Å². The van der Waals surface area contributed by atoms with Crippen LogP contribution in [0.1, 0.15) is 52.0 Å². The van der Waals surface area contributed by atoms with E-state index in [0.717, 1.165) is 29.9 Å². The number of thiazole rings is 1. The molecule has 1 aliphatic heterocycles. The van der Waals surface area contributed by atoms with Crippen molar-refractivity contribution in [3.05, 3.63) is 45.9 Å². The van der Waals surface area contributed by atoms with Crippen molar-refractivity contribution in [2.24, 2.45) is 5.92 Å². The Kier molecular flexibility index (Phi) is 7.60. The average Bonchev–Trinajstić information content (AvgIpc) is 3.43. The third-order valence-corrected chi connectivity index (χ3v) is 7.31. The largest absolute Gasteiger partial charge is 0.477 e. The van der Waals surface area contributed by atoms with Crippen molar-refractivity contribution in [3.8, 4) is 11.4 Å². The van der Waals surface area contributed by atoms with Crippen LogP contribution in [0.2, 0.25) is 5.02 Å². The summed E-state index contributed by atoms with van der Waals surface area (Å²) in [6, 6.07) is 1.67. The maximum Gasteiger partial charge on any atom is 0.348 e. The van der Waals surface area contributed by atoms with Crippen molar-refractivity contribution in [3.63, 3.8) is 0 Å². The van der Waals surface area contributed by atoms with Crippen LogP contribution in [-0.4, -0.2) is 62.6 Å². The van der Waals surface area contributed by atoms with E-state index in [0.29, 0.717) is 53.4 Å². The predicted octanol–water partition coefficient (Wildman–Crippen LogP) is 4.48. The van der Waals surface area contributed by atoms with Crippen molar-refractivity contribution >= 4 is 39.8 Å². The van der Waals surface area contributed by atoms with Crippen LogP contribution in [0.5, 0.6) is 0 Å². The highest BCUT2D eigenvalue weighted by Crippen LogP contribution is 2.35. The second-order valence-electron chi connectivity index (χ2n) is 8.26. The molecule has 0 radical (unpaired) electrons. The lowest BCUT2D eigenvalue weighted by atomic mass is 9.88. The van der Waals surface area contributed by atoms with E-state index in [9.17, 15) is 14.7 Å². The minimum Gasteiger partial charge on any atom is -0.477 e. The van der Waals surface area contributed by atoms with Crippen LogP contribution in [0.4, 0.5) is 5.13 Å². The number of carbonyl (C=O) groups excluding carboxylic acids is 1. The molecule has 0 spiro atoms. The van der Waals surface area contributed by atoms with Crippen LogP contribution >= 0.6 is 22.9 Å². The molecule has 0 aliphatic carbocycles. The standard InChI is InChI=1S/C23H26ClN5O4S/c1-3-8-33-19-12-29(7-4-14(19)9-18(30)16-10-15(24)13(2)27-16)23-28-20(21(34-23)22(31)32)17-11-25-5-6-26-17/h5-6,10-11,14,19,27H,3-4,7-9,12H2,1-2H3,(H,31,32)/t14-,19-/m0/s1. The van der Waals surface area contributed by atoms with Gasteiger partial charge in [-0.15, -0.1) is 0 Å². The number of hydrogen-bond donors (Lipinski definition) is 2. The number of aryl methyl sites for hydroxylation is 1. The molecule has 1 aliphatic rings. The molecular formula is C23H26ClN5O4S. The summed E-state index contributed by atoms with van der Waals surface area (Å²) in [7, 11) is 0. The minimum atomic E-state index is -1.05. The number of aromatic carboxylic acids is 1. The van der Waals surface area contributed by atoms with E-state index in [2.05, 4.69) is 19.9 Å². The molecule has 0 aromatic carbocycles. The van der Waals surface area contributed by atoms with Gasteiger partial charge in [-0.25, -0.2) is 9.78 Å². The summed E-state index contributed by atoms with van der Waals surface area (Å²) in [4.78, 5) is 42.8. The van der Waals surface area contributed by atoms with E-state index in [-0.39, 0.29) is 22.7 Å². The zero-order valence-electron chi connectivity index (χ0n) is 19.0. The summed E-state index contributed by atoms with van der Waals surface area (Å²) in [5.74, 6) is -1.01. The molecule has 11 heteroatoms. The molecule has 3 aromatic rings. The fourth-order valence-corrected chi connectivity index (χ4v) is 5.15. The Labute approximate surface area is 206 Å². The lowest BCUT2D eigenvalue weighted by Crippen LogP contribution is -2.46. The number of carbonyl (C=O) groups is 2. The number of anilines is 1. The monoisotopic (exact) mass is 503 g/mol. The molecule has 1 fully saturated rings. The molecule has 9 nitrogen and oxygen atoms in total. The lowest BCUT2D eigenvalue weighted by Gasteiger charge is -2.38. The van der Waals surface area contributed by atoms with Gasteiger partial charge in [-0.1, -0.05) is 29.9 Å². The number of nitrogens with one attached hydrogen (secondary N) is 1. The molecule has 0 saturated carbocycles. The minimum absolute atomic E-state index is 0.00546. The smallest absolute Gasteiger partial charge is 0.348 e. The van der Waals surface area contributed by atoms with Gasteiger partial charge in [0.15, 0.2) is 10.9 Å². The van der Waals surface area contributed by atoms with Gasteiger partial charge in [0.2, 0.25) is 0 Å². The highest BCUT2D eigenvalue weighted by Gasteiger charge is 2.34. The number of Topliss-reactive ketones (excluding diaryl/α,β-unsaturated/α-hetero) is 1. The van der Waals surface area contributed by atoms with Crippen molar-refractivity contribution < 1.29 is 19.4 Å². The number of H-pyrrole nitrogens is 1. The first-order valence-electron chi connectivity index (χ1n) is 11.1. The zero-order valence-corrected chi connectivity index (χ0v) is 20.5. The van der Waals surface area contributed by atoms with Crippen LogP contribution in [0.15, 0.2) is 24.7 Å². The second-order valence-corrected chi connectivity index (χ2v) is 9.64. The number of piperidine rings is 1. The van der Waals surface area contributed by atoms with Crippen LogP contribution < -0.4 is 4.90 Å². The van der Waals surface area contributed by atoms with Crippen molar-refractivity contribution in [1.29, 1.82) is 0 Å². The fraction of sp³-hybridized carbons (Fsp3) is 0.435. The average molecular weight is 504 g/mol. The van der Waals surface area contributed by atoms with Gasteiger partial charge in [-0.05, 0) is 31.7 Å². The first-order chi connectivity index (χ1) is 16.4. The number of aromatic amines is 1. The zero-order chi connectivity index (χ0) is 24.2. The van der Waals surface area contributed by atoms with Crippen LogP contribution in [-0.2, 0) is 4.74 Å². The topological polar surface area (TPSA) is 121 Å². The Morgan fingerprint density at radius 2 is 2.21 bits per heavy atom. The quantitative estimate of drug-likeness (QED) is 0.410. The summed E-state index contributed by atoms with van der Waals surface area (Å²) in [6.07, 6.45) is 6.29. The van der Waals surface area contributed by atoms with Gasteiger partial charge in [0.05, 0.1) is 23.0 Å². The van der Waals surface area contributed by atoms with Gasteiger partial charge in [-0.2, -0.15) is 0 Å². The second kappa shape index (κ2) is 10.6. The first kappa shape index (κ1) is 24.3. The molecule has 4 rings (SSSR count). The lowest BCUT2D eigenvalue weighted by molar-refractivity contribution is 0.00383. The van der Waals surface area contributed by atoms with Crippen LogP contribution in [0.25, 0.3) is 11.4 Å². The molecule has 1 saturated heterocycles. The molecule has 4 heterocycles. The van der Waals surface area contributed by atoms with E-state index in [4.69, 9.17) is 16.3 Å². The molecule has 0 unspecified atom stereocenters. The Balaban J connectivity index is 1.53. The van der Waals surface area contributed by atoms with E-state index in [1.807, 2.05) is 18.7 Å².